The first kappa shape index (κ1) is 27.0. The highest BCUT2D eigenvalue weighted by Crippen LogP contribution is 2.28. The Labute approximate surface area is 190 Å². The van der Waals surface area contributed by atoms with Crippen LogP contribution in [0.2, 0.25) is 0 Å². The molecule has 0 aromatic heterocycles. The van der Waals surface area contributed by atoms with Gasteiger partial charge in [0.05, 0.1) is 0 Å². The second-order valence-electron chi connectivity index (χ2n) is 10.5. The Hall–Kier alpha value is -2.04. The largest absolute Gasteiger partial charge is 0.377 e. The van der Waals surface area contributed by atoms with E-state index in [1.165, 1.54) is 0 Å². The van der Waals surface area contributed by atoms with E-state index < -0.39 is 0 Å². The summed E-state index contributed by atoms with van der Waals surface area (Å²) in [6.07, 6.45) is 2.15. The zero-order valence-electron chi connectivity index (χ0n) is 21.5. The number of hydrogen-bond acceptors (Lipinski definition) is 3. The van der Waals surface area contributed by atoms with Crippen LogP contribution in [-0.2, 0) is 16.1 Å². The molecular weight excluding hydrogens is 386 g/mol. The van der Waals surface area contributed by atoms with Gasteiger partial charge in [-0.2, -0.15) is 0 Å². The quantitative estimate of drug-likeness (QED) is 0.499. The smallest absolute Gasteiger partial charge is 0.226 e. The molecule has 31 heavy (non-hydrogen) atoms. The van der Waals surface area contributed by atoms with E-state index in [-0.39, 0.29) is 29.2 Å². The fourth-order valence-electron chi connectivity index (χ4n) is 3.75. The van der Waals surface area contributed by atoms with Gasteiger partial charge in [-0.3, -0.25) is 9.59 Å². The van der Waals surface area contributed by atoms with Gasteiger partial charge in [-0.1, -0.05) is 48.5 Å². The van der Waals surface area contributed by atoms with Crippen LogP contribution < -0.4 is 10.2 Å². The van der Waals surface area contributed by atoms with E-state index in [1.54, 1.807) is 0 Å². The number of benzene rings is 1. The third-order valence-electron chi connectivity index (χ3n) is 5.95. The summed E-state index contributed by atoms with van der Waals surface area (Å²) < 4.78 is 0. The molecule has 5 nitrogen and oxygen atoms in total. The lowest BCUT2D eigenvalue weighted by Gasteiger charge is -2.35. The summed E-state index contributed by atoms with van der Waals surface area (Å²) >= 11 is 0. The number of hydrogen-bond donors (Lipinski definition) is 1. The highest BCUT2D eigenvalue weighted by atomic mass is 16.2. The highest BCUT2D eigenvalue weighted by Gasteiger charge is 2.28. The molecule has 0 bridgehead atoms. The second kappa shape index (κ2) is 11.5. The van der Waals surface area contributed by atoms with E-state index in [9.17, 15) is 9.59 Å². The topological polar surface area (TPSA) is 52.7 Å². The normalized spacial score (nSPS) is 12.8. The summed E-state index contributed by atoms with van der Waals surface area (Å²) in [6.45, 7) is 17.3. The minimum absolute atomic E-state index is 0.0107. The third-order valence-corrected chi connectivity index (χ3v) is 5.95. The first-order valence-corrected chi connectivity index (χ1v) is 11.7. The molecule has 176 valence electrons. The molecule has 5 heteroatoms. The van der Waals surface area contributed by atoms with Crippen LogP contribution in [0.3, 0.4) is 0 Å². The predicted molar refractivity (Wildman–Crippen MR) is 132 cm³/mol. The lowest BCUT2D eigenvalue weighted by Crippen LogP contribution is -2.44. The molecule has 1 aromatic rings. The number of carbonyl (C=O) groups excluding carboxylic acids is 2. The van der Waals surface area contributed by atoms with Crippen molar-refractivity contribution in [2.24, 2.45) is 17.3 Å². The van der Waals surface area contributed by atoms with Crippen molar-refractivity contribution >= 4 is 23.2 Å². The molecule has 1 N–H and O–H groups in total. The Morgan fingerprint density at radius 3 is 2.06 bits per heavy atom. The lowest BCUT2D eigenvalue weighted by atomic mass is 9.92. The van der Waals surface area contributed by atoms with Gasteiger partial charge in [-0.15, -0.1) is 0 Å². The van der Waals surface area contributed by atoms with Gasteiger partial charge in [-0.05, 0) is 54.9 Å². The maximum Gasteiger partial charge on any atom is 0.226 e. The first-order valence-electron chi connectivity index (χ1n) is 11.7. The van der Waals surface area contributed by atoms with Gasteiger partial charge >= 0.3 is 0 Å². The van der Waals surface area contributed by atoms with Crippen molar-refractivity contribution in [3.05, 3.63) is 23.8 Å². The van der Waals surface area contributed by atoms with Crippen molar-refractivity contribution in [2.45, 2.75) is 87.2 Å². The van der Waals surface area contributed by atoms with Crippen molar-refractivity contribution in [3.8, 4) is 0 Å². The molecule has 1 atom stereocenters. The number of nitrogens with one attached hydrogen (secondary N) is 1. The predicted octanol–water partition coefficient (Wildman–Crippen LogP) is 5.94. The summed E-state index contributed by atoms with van der Waals surface area (Å²) in [5.74, 6) is 0.629. The molecule has 1 aromatic carbocycles. The van der Waals surface area contributed by atoms with E-state index in [4.69, 9.17) is 0 Å². The van der Waals surface area contributed by atoms with Crippen LogP contribution in [0.25, 0.3) is 0 Å². The molecule has 0 radical (unpaired) electrons. The summed E-state index contributed by atoms with van der Waals surface area (Å²) in [5.41, 5.74) is 2.82. The molecule has 0 saturated heterocycles. The van der Waals surface area contributed by atoms with E-state index in [2.05, 4.69) is 65.6 Å². The molecule has 0 fully saturated rings. The van der Waals surface area contributed by atoms with Gasteiger partial charge in [0.1, 0.15) is 0 Å². The number of nitrogens with zero attached hydrogens (tertiary/aromatic N) is 2. The van der Waals surface area contributed by atoms with Crippen LogP contribution in [-0.4, -0.2) is 36.9 Å². The second-order valence-corrected chi connectivity index (χ2v) is 10.5. The van der Waals surface area contributed by atoms with Crippen molar-refractivity contribution in [3.63, 3.8) is 0 Å². The third kappa shape index (κ3) is 8.19. The molecule has 0 aliphatic carbocycles. The molecule has 0 unspecified atom stereocenters. The molecule has 0 saturated carbocycles. The minimum Gasteiger partial charge on any atom is -0.377 e. The standard InChI is InChI=1S/C26H45N3O2/c1-11-20(12-2)25(31)29(19(5)18(3)4)17-21-15-22(13-14-23(21)28(9)10)27-24(30)16-26(6,7)8/h13-15,18-20H,11-12,16-17H2,1-10H3,(H,27,30)/t19-/m0/s1. The zero-order valence-corrected chi connectivity index (χ0v) is 21.5. The van der Waals surface area contributed by atoms with Crippen LogP contribution in [0.5, 0.6) is 0 Å². The summed E-state index contributed by atoms with van der Waals surface area (Å²) in [6, 6.07) is 6.12. The average Bonchev–Trinajstić information content (AvgIpc) is 2.64. The van der Waals surface area contributed by atoms with Crippen LogP contribution in [0, 0.1) is 17.3 Å². The van der Waals surface area contributed by atoms with Gasteiger partial charge in [0.2, 0.25) is 11.8 Å². The SMILES string of the molecule is CCC(CC)C(=O)N(Cc1cc(NC(=O)CC(C)(C)C)ccc1N(C)C)[C@@H](C)C(C)C. The lowest BCUT2D eigenvalue weighted by molar-refractivity contribution is -0.139. The van der Waals surface area contributed by atoms with Crippen molar-refractivity contribution < 1.29 is 9.59 Å². The van der Waals surface area contributed by atoms with Gasteiger partial charge < -0.3 is 15.1 Å². The molecular formula is C26H45N3O2. The Morgan fingerprint density at radius 2 is 1.61 bits per heavy atom. The maximum absolute atomic E-state index is 13.4. The number of carbonyl (C=O) groups is 2. The molecule has 1 rings (SSSR count). The Morgan fingerprint density at radius 1 is 1.03 bits per heavy atom. The van der Waals surface area contributed by atoms with Gasteiger partial charge in [0.15, 0.2) is 0 Å². The summed E-state index contributed by atoms with van der Waals surface area (Å²) in [5, 5.41) is 3.04. The fourth-order valence-corrected chi connectivity index (χ4v) is 3.75. The Balaban J connectivity index is 3.30. The molecule has 0 heterocycles. The van der Waals surface area contributed by atoms with Crippen LogP contribution in [0.4, 0.5) is 11.4 Å². The fraction of sp³-hybridized carbons (Fsp3) is 0.692. The van der Waals surface area contributed by atoms with Crippen LogP contribution in [0.15, 0.2) is 18.2 Å². The minimum atomic E-state index is -0.0677. The number of amides is 2. The van der Waals surface area contributed by atoms with Crippen LogP contribution >= 0.6 is 0 Å². The monoisotopic (exact) mass is 431 g/mol. The number of anilines is 2. The highest BCUT2D eigenvalue weighted by molar-refractivity contribution is 5.91. The molecule has 0 aliphatic rings. The Bertz CT molecular complexity index is 731. The van der Waals surface area contributed by atoms with Crippen LogP contribution in [0.1, 0.15) is 80.2 Å². The molecule has 2 amide bonds. The molecule has 0 aliphatic heterocycles. The zero-order chi connectivity index (χ0) is 23.9. The maximum atomic E-state index is 13.4. The van der Waals surface area contributed by atoms with E-state index >= 15 is 0 Å². The van der Waals surface area contributed by atoms with E-state index in [0.29, 0.717) is 18.9 Å². The van der Waals surface area contributed by atoms with E-state index in [1.807, 2.05) is 37.2 Å². The average molecular weight is 432 g/mol. The van der Waals surface area contributed by atoms with Gasteiger partial charge in [0.25, 0.3) is 0 Å². The molecule has 0 spiro atoms. The van der Waals surface area contributed by atoms with E-state index in [0.717, 1.165) is 29.8 Å². The first-order chi connectivity index (χ1) is 14.3. The summed E-state index contributed by atoms with van der Waals surface area (Å²) in [4.78, 5) is 30.0. The van der Waals surface area contributed by atoms with Crippen molar-refractivity contribution in [1.29, 1.82) is 0 Å². The van der Waals surface area contributed by atoms with Gasteiger partial charge in [-0.25, -0.2) is 0 Å². The summed E-state index contributed by atoms with van der Waals surface area (Å²) in [7, 11) is 4.02. The Kier molecular flexibility index (Phi) is 10.1. The van der Waals surface area contributed by atoms with Crippen molar-refractivity contribution in [1.82, 2.24) is 4.90 Å². The van der Waals surface area contributed by atoms with Crippen molar-refractivity contribution in [2.75, 3.05) is 24.3 Å². The van der Waals surface area contributed by atoms with Gasteiger partial charge in [0, 0.05) is 50.4 Å². The number of rotatable bonds is 10.